The first-order valence-corrected chi connectivity index (χ1v) is 6.10. The van der Waals surface area contributed by atoms with Gasteiger partial charge >= 0.3 is 5.97 Å². The lowest BCUT2D eigenvalue weighted by Crippen LogP contribution is -2.26. The summed E-state index contributed by atoms with van der Waals surface area (Å²) in [5, 5.41) is 9.16. The summed E-state index contributed by atoms with van der Waals surface area (Å²) < 4.78 is 16.0. The number of aliphatic hydroxyl groups is 1. The van der Waals surface area contributed by atoms with Crippen molar-refractivity contribution in [3.63, 3.8) is 0 Å². The van der Waals surface area contributed by atoms with Gasteiger partial charge in [0, 0.05) is 6.42 Å². The summed E-state index contributed by atoms with van der Waals surface area (Å²) in [6.07, 6.45) is 1.30. The van der Waals surface area contributed by atoms with Crippen LogP contribution < -0.4 is 0 Å². The van der Waals surface area contributed by atoms with Crippen molar-refractivity contribution in [2.24, 2.45) is 0 Å². The summed E-state index contributed by atoms with van der Waals surface area (Å²) in [6.45, 7) is 5.78. The van der Waals surface area contributed by atoms with Gasteiger partial charge in [-0.15, -0.1) is 0 Å². The first-order chi connectivity index (χ1) is 7.98. The Morgan fingerprint density at radius 2 is 2.00 bits per heavy atom. The molecule has 0 aromatic rings. The SMILES string of the molecule is CCOC(=O)CCCC1OC(C)(C)OC1CO. The first kappa shape index (κ1) is 14.4. The third-order valence-corrected chi connectivity index (χ3v) is 2.64. The molecule has 0 radical (unpaired) electrons. The van der Waals surface area contributed by atoms with Gasteiger partial charge in [0.05, 0.1) is 19.3 Å². The molecule has 2 unspecified atom stereocenters. The van der Waals surface area contributed by atoms with Crippen LogP contribution in [-0.2, 0) is 19.0 Å². The molecule has 5 heteroatoms. The Morgan fingerprint density at radius 1 is 1.35 bits per heavy atom. The van der Waals surface area contributed by atoms with Crippen LogP contribution in [0.2, 0.25) is 0 Å². The molecule has 0 aromatic heterocycles. The predicted octanol–water partition coefficient (Wildman–Crippen LogP) is 1.23. The van der Waals surface area contributed by atoms with Gasteiger partial charge in [0.2, 0.25) is 0 Å². The van der Waals surface area contributed by atoms with Crippen molar-refractivity contribution in [2.45, 2.75) is 58.0 Å². The van der Waals surface area contributed by atoms with Crippen LogP contribution in [0, 0.1) is 0 Å². The third kappa shape index (κ3) is 4.61. The molecule has 0 saturated carbocycles. The summed E-state index contributed by atoms with van der Waals surface area (Å²) in [6, 6.07) is 0. The molecular weight excluding hydrogens is 224 g/mol. The fourth-order valence-electron chi connectivity index (χ4n) is 1.99. The van der Waals surface area contributed by atoms with Crippen molar-refractivity contribution in [2.75, 3.05) is 13.2 Å². The lowest BCUT2D eigenvalue weighted by Gasteiger charge is -2.16. The first-order valence-electron chi connectivity index (χ1n) is 6.10. The maximum Gasteiger partial charge on any atom is 0.305 e. The molecular formula is C12H22O5. The second-order valence-electron chi connectivity index (χ2n) is 4.59. The van der Waals surface area contributed by atoms with Gasteiger partial charge < -0.3 is 19.3 Å². The molecule has 0 aliphatic carbocycles. The molecule has 1 fully saturated rings. The number of hydrogen-bond donors (Lipinski definition) is 1. The van der Waals surface area contributed by atoms with Crippen molar-refractivity contribution in [3.8, 4) is 0 Å². The van der Waals surface area contributed by atoms with Gasteiger partial charge in [0.25, 0.3) is 0 Å². The second-order valence-corrected chi connectivity index (χ2v) is 4.59. The molecule has 1 N–H and O–H groups in total. The topological polar surface area (TPSA) is 65.0 Å². The lowest BCUT2D eigenvalue weighted by atomic mass is 10.1. The van der Waals surface area contributed by atoms with E-state index in [2.05, 4.69) is 0 Å². The lowest BCUT2D eigenvalue weighted by molar-refractivity contribution is -0.149. The monoisotopic (exact) mass is 246 g/mol. The van der Waals surface area contributed by atoms with E-state index in [1.54, 1.807) is 6.92 Å². The van der Waals surface area contributed by atoms with E-state index >= 15 is 0 Å². The van der Waals surface area contributed by atoms with Crippen LogP contribution in [0.4, 0.5) is 0 Å². The number of esters is 1. The molecule has 1 aliphatic rings. The highest BCUT2D eigenvalue weighted by molar-refractivity contribution is 5.69. The van der Waals surface area contributed by atoms with Crippen molar-refractivity contribution >= 4 is 5.97 Å². The summed E-state index contributed by atoms with van der Waals surface area (Å²) in [7, 11) is 0. The van der Waals surface area contributed by atoms with Crippen molar-refractivity contribution < 1.29 is 24.1 Å². The quantitative estimate of drug-likeness (QED) is 0.714. The number of carbonyl (C=O) groups is 1. The smallest absolute Gasteiger partial charge is 0.305 e. The predicted molar refractivity (Wildman–Crippen MR) is 61.4 cm³/mol. The molecule has 0 bridgehead atoms. The number of aliphatic hydroxyl groups excluding tert-OH is 1. The van der Waals surface area contributed by atoms with Crippen LogP contribution in [-0.4, -0.2) is 42.3 Å². The minimum absolute atomic E-state index is 0.0620. The van der Waals surface area contributed by atoms with E-state index in [0.29, 0.717) is 25.9 Å². The van der Waals surface area contributed by atoms with Crippen LogP contribution in [0.5, 0.6) is 0 Å². The third-order valence-electron chi connectivity index (χ3n) is 2.64. The molecule has 100 valence electrons. The fraction of sp³-hybridized carbons (Fsp3) is 0.917. The summed E-state index contributed by atoms with van der Waals surface area (Å²) >= 11 is 0. The van der Waals surface area contributed by atoms with Gasteiger partial charge in [-0.25, -0.2) is 0 Å². The van der Waals surface area contributed by atoms with Gasteiger partial charge in [0.15, 0.2) is 5.79 Å². The largest absolute Gasteiger partial charge is 0.466 e. The Labute approximate surface area is 102 Å². The minimum Gasteiger partial charge on any atom is -0.466 e. The van der Waals surface area contributed by atoms with E-state index in [1.165, 1.54) is 0 Å². The fourth-order valence-corrected chi connectivity index (χ4v) is 1.99. The molecule has 5 nitrogen and oxygen atoms in total. The Bertz CT molecular complexity index is 251. The van der Waals surface area contributed by atoms with E-state index < -0.39 is 5.79 Å². The molecule has 2 atom stereocenters. The van der Waals surface area contributed by atoms with E-state index in [4.69, 9.17) is 19.3 Å². The molecule has 0 spiro atoms. The van der Waals surface area contributed by atoms with E-state index in [-0.39, 0.29) is 24.8 Å². The van der Waals surface area contributed by atoms with Crippen LogP contribution in [0.3, 0.4) is 0 Å². The van der Waals surface area contributed by atoms with Crippen molar-refractivity contribution in [1.29, 1.82) is 0 Å². The Balaban J connectivity index is 2.29. The number of hydrogen-bond acceptors (Lipinski definition) is 5. The zero-order valence-corrected chi connectivity index (χ0v) is 10.8. The van der Waals surface area contributed by atoms with Crippen LogP contribution in [0.15, 0.2) is 0 Å². The van der Waals surface area contributed by atoms with Gasteiger partial charge in [0.1, 0.15) is 6.10 Å². The molecule has 0 amide bonds. The van der Waals surface area contributed by atoms with Crippen molar-refractivity contribution in [3.05, 3.63) is 0 Å². The number of carbonyl (C=O) groups excluding carboxylic acids is 1. The molecule has 1 rings (SSSR count). The zero-order chi connectivity index (χ0) is 12.9. The second kappa shape index (κ2) is 6.33. The highest BCUT2D eigenvalue weighted by atomic mass is 16.8. The van der Waals surface area contributed by atoms with Crippen LogP contribution >= 0.6 is 0 Å². The van der Waals surface area contributed by atoms with Crippen molar-refractivity contribution in [1.82, 2.24) is 0 Å². The van der Waals surface area contributed by atoms with E-state index in [0.717, 1.165) is 0 Å². The Kier molecular flexibility index (Phi) is 5.36. The molecule has 1 heterocycles. The number of ether oxygens (including phenoxy) is 3. The summed E-state index contributed by atoms with van der Waals surface area (Å²) in [5.41, 5.74) is 0. The summed E-state index contributed by atoms with van der Waals surface area (Å²) in [4.78, 5) is 11.2. The maximum atomic E-state index is 11.2. The average molecular weight is 246 g/mol. The zero-order valence-electron chi connectivity index (χ0n) is 10.8. The maximum absolute atomic E-state index is 11.2. The molecule has 1 aliphatic heterocycles. The van der Waals surface area contributed by atoms with Crippen LogP contribution in [0.25, 0.3) is 0 Å². The normalized spacial score (nSPS) is 27.1. The van der Waals surface area contributed by atoms with Gasteiger partial charge in [-0.1, -0.05) is 0 Å². The van der Waals surface area contributed by atoms with E-state index in [1.807, 2.05) is 13.8 Å². The van der Waals surface area contributed by atoms with Gasteiger partial charge in [-0.05, 0) is 33.6 Å². The highest BCUT2D eigenvalue weighted by Gasteiger charge is 2.40. The van der Waals surface area contributed by atoms with Crippen LogP contribution in [0.1, 0.15) is 40.0 Å². The molecule has 0 aromatic carbocycles. The van der Waals surface area contributed by atoms with Gasteiger partial charge in [-0.3, -0.25) is 4.79 Å². The van der Waals surface area contributed by atoms with E-state index in [9.17, 15) is 4.79 Å². The summed E-state index contributed by atoms with van der Waals surface area (Å²) in [5.74, 6) is -0.839. The highest BCUT2D eigenvalue weighted by Crippen LogP contribution is 2.30. The Hall–Kier alpha value is -0.650. The van der Waals surface area contributed by atoms with Gasteiger partial charge in [-0.2, -0.15) is 0 Å². The standard InChI is InChI=1S/C12H22O5/c1-4-15-11(14)7-5-6-9-10(8-13)17-12(2,3)16-9/h9-10,13H,4-8H2,1-3H3. The minimum atomic E-state index is -0.651. The number of rotatable bonds is 6. The average Bonchev–Trinajstić information content (AvgIpc) is 2.54. The Morgan fingerprint density at radius 3 is 2.59 bits per heavy atom. The molecule has 1 saturated heterocycles. The molecule has 17 heavy (non-hydrogen) atoms.